The van der Waals surface area contributed by atoms with E-state index in [0.29, 0.717) is 5.69 Å². The highest BCUT2D eigenvalue weighted by Gasteiger charge is 2.35. The molecule has 84 valence electrons. The predicted molar refractivity (Wildman–Crippen MR) is 57.1 cm³/mol. The van der Waals surface area contributed by atoms with Gasteiger partial charge in [0, 0.05) is 19.2 Å². The van der Waals surface area contributed by atoms with Gasteiger partial charge >= 0.3 is 5.97 Å². The van der Waals surface area contributed by atoms with Crippen molar-refractivity contribution < 1.29 is 14.7 Å². The van der Waals surface area contributed by atoms with Crippen molar-refractivity contribution in [2.24, 2.45) is 5.92 Å². The first-order valence-corrected chi connectivity index (χ1v) is 5.03. The number of nitrogens with zero attached hydrogens (tertiary/aromatic N) is 2. The lowest BCUT2D eigenvalue weighted by Crippen LogP contribution is -2.25. The standard InChI is InChI=1S/C11H12N2O3/c1-7-2-9(5-12-4-7)13-6-8(11(15)16)3-10(13)14/h2,4-5,8H,3,6H2,1H3,(H,15,16)/t8-/m1/s1. The van der Waals surface area contributed by atoms with Crippen molar-refractivity contribution in [1.82, 2.24) is 4.98 Å². The summed E-state index contributed by atoms with van der Waals surface area (Å²) < 4.78 is 0. The van der Waals surface area contributed by atoms with Gasteiger partial charge in [-0.15, -0.1) is 0 Å². The Morgan fingerprint density at radius 1 is 1.56 bits per heavy atom. The molecule has 1 aromatic heterocycles. The van der Waals surface area contributed by atoms with Crippen molar-refractivity contribution in [3.63, 3.8) is 0 Å². The monoisotopic (exact) mass is 220 g/mol. The molecule has 0 saturated carbocycles. The van der Waals surface area contributed by atoms with Crippen LogP contribution in [0, 0.1) is 12.8 Å². The minimum atomic E-state index is -0.920. The Kier molecular flexibility index (Phi) is 2.60. The molecule has 5 heteroatoms. The first-order chi connectivity index (χ1) is 7.58. The summed E-state index contributed by atoms with van der Waals surface area (Å²) in [6.07, 6.45) is 3.34. The zero-order valence-corrected chi connectivity index (χ0v) is 8.88. The Morgan fingerprint density at radius 2 is 2.31 bits per heavy atom. The number of aromatic nitrogens is 1. The van der Waals surface area contributed by atoms with Crippen molar-refractivity contribution >= 4 is 17.6 Å². The van der Waals surface area contributed by atoms with Crippen LogP contribution in [0.3, 0.4) is 0 Å². The molecular weight excluding hydrogens is 208 g/mol. The zero-order valence-electron chi connectivity index (χ0n) is 8.88. The van der Waals surface area contributed by atoms with Gasteiger partial charge in [0.25, 0.3) is 0 Å². The summed E-state index contributed by atoms with van der Waals surface area (Å²) in [5.74, 6) is -1.68. The van der Waals surface area contributed by atoms with Gasteiger partial charge in [-0.05, 0) is 18.6 Å². The number of hydrogen-bond donors (Lipinski definition) is 1. The molecule has 1 N–H and O–H groups in total. The molecule has 1 aliphatic rings. The molecule has 5 nitrogen and oxygen atoms in total. The second kappa shape index (κ2) is 3.92. The average molecular weight is 220 g/mol. The van der Waals surface area contributed by atoms with Crippen LogP contribution in [-0.4, -0.2) is 28.5 Å². The van der Waals surface area contributed by atoms with Crippen molar-refractivity contribution in [2.75, 3.05) is 11.4 Å². The molecule has 0 aromatic carbocycles. The number of hydrogen-bond acceptors (Lipinski definition) is 3. The van der Waals surface area contributed by atoms with Crippen molar-refractivity contribution in [3.8, 4) is 0 Å². The van der Waals surface area contributed by atoms with Gasteiger partial charge in [-0.3, -0.25) is 14.6 Å². The fourth-order valence-corrected chi connectivity index (χ4v) is 1.81. The minimum Gasteiger partial charge on any atom is -0.481 e. The van der Waals surface area contributed by atoms with E-state index in [1.807, 2.05) is 13.0 Å². The molecule has 16 heavy (non-hydrogen) atoms. The number of anilines is 1. The number of carbonyl (C=O) groups is 2. The second-order valence-electron chi connectivity index (χ2n) is 3.96. The largest absolute Gasteiger partial charge is 0.481 e. The van der Waals surface area contributed by atoms with Crippen LogP contribution >= 0.6 is 0 Å². The molecular formula is C11H12N2O3. The van der Waals surface area contributed by atoms with E-state index in [1.54, 1.807) is 12.4 Å². The molecule has 1 amide bonds. The van der Waals surface area contributed by atoms with E-state index < -0.39 is 11.9 Å². The van der Waals surface area contributed by atoms with Crippen molar-refractivity contribution in [1.29, 1.82) is 0 Å². The van der Waals surface area contributed by atoms with E-state index in [1.165, 1.54) is 4.90 Å². The number of rotatable bonds is 2. The van der Waals surface area contributed by atoms with E-state index in [4.69, 9.17) is 5.11 Å². The fourth-order valence-electron chi connectivity index (χ4n) is 1.81. The lowest BCUT2D eigenvalue weighted by atomic mass is 10.1. The second-order valence-corrected chi connectivity index (χ2v) is 3.96. The zero-order chi connectivity index (χ0) is 11.7. The topological polar surface area (TPSA) is 70.5 Å². The Morgan fingerprint density at radius 3 is 2.88 bits per heavy atom. The third-order valence-electron chi connectivity index (χ3n) is 2.65. The van der Waals surface area contributed by atoms with E-state index in [-0.39, 0.29) is 18.9 Å². The molecule has 0 unspecified atom stereocenters. The SMILES string of the molecule is Cc1cncc(N2C[C@H](C(=O)O)CC2=O)c1. The summed E-state index contributed by atoms with van der Waals surface area (Å²) >= 11 is 0. The van der Waals surface area contributed by atoms with Crippen LogP contribution in [-0.2, 0) is 9.59 Å². The number of amides is 1. The maximum Gasteiger partial charge on any atom is 0.308 e. The molecule has 2 rings (SSSR count). The highest BCUT2D eigenvalue weighted by atomic mass is 16.4. The van der Waals surface area contributed by atoms with Crippen LogP contribution in [0.25, 0.3) is 0 Å². The molecule has 0 spiro atoms. The number of aliphatic carboxylic acids is 1. The predicted octanol–water partition coefficient (Wildman–Crippen LogP) is 0.828. The quantitative estimate of drug-likeness (QED) is 0.801. The first kappa shape index (κ1) is 10.6. The van der Waals surface area contributed by atoms with E-state index in [9.17, 15) is 9.59 Å². The smallest absolute Gasteiger partial charge is 0.308 e. The van der Waals surface area contributed by atoms with Gasteiger partial charge in [-0.1, -0.05) is 0 Å². The van der Waals surface area contributed by atoms with Gasteiger partial charge in [0.1, 0.15) is 0 Å². The molecule has 0 aliphatic carbocycles. The Balaban J connectivity index is 2.23. The first-order valence-electron chi connectivity index (χ1n) is 5.03. The third kappa shape index (κ3) is 1.88. The van der Waals surface area contributed by atoms with Gasteiger partial charge in [0.15, 0.2) is 0 Å². The van der Waals surface area contributed by atoms with Crippen molar-refractivity contribution in [2.45, 2.75) is 13.3 Å². The van der Waals surface area contributed by atoms with E-state index in [0.717, 1.165) is 5.56 Å². The summed E-state index contributed by atoms with van der Waals surface area (Å²) in [6.45, 7) is 2.12. The molecule has 1 fully saturated rings. The van der Waals surface area contributed by atoms with Crippen LogP contribution in [0.4, 0.5) is 5.69 Å². The summed E-state index contributed by atoms with van der Waals surface area (Å²) in [4.78, 5) is 27.9. The molecule has 1 aromatic rings. The minimum absolute atomic E-state index is 0.0727. The molecule has 0 bridgehead atoms. The fraction of sp³-hybridized carbons (Fsp3) is 0.364. The Bertz CT molecular complexity index is 445. The summed E-state index contributed by atoms with van der Waals surface area (Å²) in [6, 6.07) is 1.83. The van der Waals surface area contributed by atoms with Crippen LogP contribution in [0.1, 0.15) is 12.0 Å². The number of carboxylic acid groups (broad SMARTS) is 1. The number of aryl methyl sites for hydroxylation is 1. The van der Waals surface area contributed by atoms with Gasteiger partial charge in [0.2, 0.25) is 5.91 Å². The highest BCUT2D eigenvalue weighted by Crippen LogP contribution is 2.24. The number of carbonyl (C=O) groups excluding carboxylic acids is 1. The molecule has 0 radical (unpaired) electrons. The summed E-state index contributed by atoms with van der Waals surface area (Å²) in [7, 11) is 0. The Hall–Kier alpha value is -1.91. The van der Waals surface area contributed by atoms with Gasteiger partial charge in [-0.25, -0.2) is 0 Å². The summed E-state index contributed by atoms with van der Waals surface area (Å²) in [5.41, 5.74) is 1.62. The summed E-state index contributed by atoms with van der Waals surface area (Å²) in [5, 5.41) is 8.86. The van der Waals surface area contributed by atoms with Crippen LogP contribution in [0.2, 0.25) is 0 Å². The molecule has 1 atom stereocenters. The molecule has 1 saturated heterocycles. The van der Waals surface area contributed by atoms with Gasteiger partial charge in [-0.2, -0.15) is 0 Å². The van der Waals surface area contributed by atoms with Gasteiger partial charge < -0.3 is 10.0 Å². The third-order valence-corrected chi connectivity index (χ3v) is 2.65. The van der Waals surface area contributed by atoms with E-state index >= 15 is 0 Å². The Labute approximate surface area is 92.7 Å². The maximum absolute atomic E-state index is 11.6. The van der Waals surface area contributed by atoms with Crippen LogP contribution < -0.4 is 4.90 Å². The van der Waals surface area contributed by atoms with Gasteiger partial charge in [0.05, 0.1) is 17.8 Å². The lowest BCUT2D eigenvalue weighted by molar-refractivity contribution is -0.141. The average Bonchev–Trinajstić information content (AvgIpc) is 2.60. The maximum atomic E-state index is 11.6. The van der Waals surface area contributed by atoms with E-state index in [2.05, 4.69) is 4.98 Å². The van der Waals surface area contributed by atoms with Crippen LogP contribution in [0.5, 0.6) is 0 Å². The number of carboxylic acids is 1. The highest BCUT2D eigenvalue weighted by molar-refractivity contribution is 5.99. The normalized spacial score (nSPS) is 20.2. The number of pyridine rings is 1. The lowest BCUT2D eigenvalue weighted by Gasteiger charge is -2.15. The van der Waals surface area contributed by atoms with Crippen molar-refractivity contribution in [3.05, 3.63) is 24.0 Å². The molecule has 1 aliphatic heterocycles. The molecule has 2 heterocycles. The van der Waals surface area contributed by atoms with Crippen LogP contribution in [0.15, 0.2) is 18.5 Å².